The van der Waals surface area contributed by atoms with E-state index in [2.05, 4.69) is 36.2 Å². The molecule has 0 aliphatic rings. The van der Waals surface area contributed by atoms with Crippen LogP contribution in [0.2, 0.25) is 0 Å². The molecule has 3 heteroatoms. The highest BCUT2D eigenvalue weighted by Crippen LogP contribution is 2.11. The van der Waals surface area contributed by atoms with E-state index in [1.807, 2.05) is 4.57 Å². The van der Waals surface area contributed by atoms with Crippen molar-refractivity contribution in [1.29, 1.82) is 0 Å². The van der Waals surface area contributed by atoms with Gasteiger partial charge in [0.1, 0.15) is 0 Å². The van der Waals surface area contributed by atoms with Crippen LogP contribution in [-0.4, -0.2) is 9.55 Å². The lowest BCUT2D eigenvalue weighted by Gasteiger charge is -2.06. The summed E-state index contributed by atoms with van der Waals surface area (Å²) < 4.78 is 2.00. The second-order valence-electron chi connectivity index (χ2n) is 3.29. The minimum atomic E-state index is 0.508. The first-order chi connectivity index (χ1) is 6.81. The van der Waals surface area contributed by atoms with Gasteiger partial charge in [-0.1, -0.05) is 17.7 Å². The van der Waals surface area contributed by atoms with Gasteiger partial charge in [-0.25, -0.2) is 4.98 Å². The van der Waals surface area contributed by atoms with Crippen LogP contribution in [0.25, 0.3) is 5.69 Å². The molecule has 1 aromatic carbocycles. The molecule has 0 atom stereocenters. The monoisotopic (exact) mass is 187 g/mol. The highest BCUT2D eigenvalue weighted by molar-refractivity contribution is 5.35. The standard InChI is InChI=1S/C11H13N3/c1-9-2-4-10(5-3-9)14-8-13-7-11(14)6-12/h2-5,7-8H,6,12H2,1H3. The summed E-state index contributed by atoms with van der Waals surface area (Å²) in [4.78, 5) is 4.07. The van der Waals surface area contributed by atoms with E-state index in [1.165, 1.54) is 5.56 Å². The molecule has 0 aliphatic carbocycles. The van der Waals surface area contributed by atoms with Crippen LogP contribution >= 0.6 is 0 Å². The van der Waals surface area contributed by atoms with Crippen LogP contribution in [-0.2, 0) is 6.54 Å². The van der Waals surface area contributed by atoms with Crippen molar-refractivity contribution < 1.29 is 0 Å². The van der Waals surface area contributed by atoms with Crippen LogP contribution in [0.1, 0.15) is 11.3 Å². The maximum atomic E-state index is 5.60. The van der Waals surface area contributed by atoms with E-state index in [0.717, 1.165) is 11.4 Å². The molecule has 2 rings (SSSR count). The zero-order valence-corrected chi connectivity index (χ0v) is 8.14. The van der Waals surface area contributed by atoms with Gasteiger partial charge in [-0.05, 0) is 19.1 Å². The van der Waals surface area contributed by atoms with Gasteiger partial charge >= 0.3 is 0 Å². The number of aromatic nitrogens is 2. The van der Waals surface area contributed by atoms with Crippen LogP contribution in [0.4, 0.5) is 0 Å². The maximum absolute atomic E-state index is 5.60. The molecule has 14 heavy (non-hydrogen) atoms. The lowest BCUT2D eigenvalue weighted by molar-refractivity contribution is 0.910. The fraction of sp³-hybridized carbons (Fsp3) is 0.182. The third kappa shape index (κ3) is 1.54. The number of hydrogen-bond donors (Lipinski definition) is 1. The molecule has 0 bridgehead atoms. The van der Waals surface area contributed by atoms with E-state index in [0.29, 0.717) is 6.54 Å². The van der Waals surface area contributed by atoms with Gasteiger partial charge in [-0.15, -0.1) is 0 Å². The van der Waals surface area contributed by atoms with E-state index in [9.17, 15) is 0 Å². The molecule has 3 nitrogen and oxygen atoms in total. The third-order valence-corrected chi connectivity index (χ3v) is 2.24. The second kappa shape index (κ2) is 3.64. The van der Waals surface area contributed by atoms with Crippen molar-refractivity contribution in [3.63, 3.8) is 0 Å². The van der Waals surface area contributed by atoms with Gasteiger partial charge in [-0.2, -0.15) is 0 Å². The Bertz CT molecular complexity index is 414. The summed E-state index contributed by atoms with van der Waals surface area (Å²) in [6, 6.07) is 8.29. The van der Waals surface area contributed by atoms with E-state index in [-0.39, 0.29) is 0 Å². The Morgan fingerprint density at radius 1 is 1.29 bits per heavy atom. The number of rotatable bonds is 2. The molecule has 2 N–H and O–H groups in total. The Morgan fingerprint density at radius 2 is 2.00 bits per heavy atom. The number of nitrogens with zero attached hydrogens (tertiary/aromatic N) is 2. The number of aryl methyl sites for hydroxylation is 1. The topological polar surface area (TPSA) is 43.8 Å². The van der Waals surface area contributed by atoms with Crippen LogP contribution in [0.5, 0.6) is 0 Å². The molecular formula is C11H13N3. The van der Waals surface area contributed by atoms with Crippen LogP contribution in [0.3, 0.4) is 0 Å². The smallest absolute Gasteiger partial charge is 0.0994 e. The van der Waals surface area contributed by atoms with Crippen LogP contribution < -0.4 is 5.73 Å². The lowest BCUT2D eigenvalue weighted by atomic mass is 10.2. The molecule has 0 spiro atoms. The number of benzene rings is 1. The first-order valence-corrected chi connectivity index (χ1v) is 4.59. The van der Waals surface area contributed by atoms with Gasteiger partial charge in [0.05, 0.1) is 12.0 Å². The predicted molar refractivity (Wildman–Crippen MR) is 56.2 cm³/mol. The first-order valence-electron chi connectivity index (χ1n) is 4.59. The maximum Gasteiger partial charge on any atom is 0.0994 e. The average molecular weight is 187 g/mol. The van der Waals surface area contributed by atoms with Crippen molar-refractivity contribution in [2.45, 2.75) is 13.5 Å². The lowest BCUT2D eigenvalue weighted by Crippen LogP contribution is -2.04. The Labute approximate surface area is 83.2 Å². The average Bonchev–Trinajstić information content (AvgIpc) is 2.67. The molecule has 0 unspecified atom stereocenters. The Kier molecular flexibility index (Phi) is 2.33. The van der Waals surface area contributed by atoms with Crippen molar-refractivity contribution in [3.8, 4) is 5.69 Å². The van der Waals surface area contributed by atoms with Crippen molar-refractivity contribution in [2.75, 3.05) is 0 Å². The zero-order chi connectivity index (χ0) is 9.97. The van der Waals surface area contributed by atoms with Gasteiger partial charge < -0.3 is 10.3 Å². The van der Waals surface area contributed by atoms with Crippen LogP contribution in [0.15, 0.2) is 36.8 Å². The minimum absolute atomic E-state index is 0.508. The van der Waals surface area contributed by atoms with Gasteiger partial charge in [0.25, 0.3) is 0 Å². The van der Waals surface area contributed by atoms with Crippen molar-refractivity contribution in [1.82, 2.24) is 9.55 Å². The fourth-order valence-electron chi connectivity index (χ4n) is 1.41. The molecule has 0 fully saturated rings. The molecule has 0 aliphatic heterocycles. The summed E-state index contributed by atoms with van der Waals surface area (Å²) in [6.07, 6.45) is 3.58. The van der Waals surface area contributed by atoms with Gasteiger partial charge in [0, 0.05) is 18.4 Å². The third-order valence-electron chi connectivity index (χ3n) is 2.24. The van der Waals surface area contributed by atoms with Crippen molar-refractivity contribution in [3.05, 3.63) is 48.0 Å². The highest BCUT2D eigenvalue weighted by atomic mass is 15.1. The Balaban J connectivity index is 2.44. The van der Waals surface area contributed by atoms with Gasteiger partial charge in [0.15, 0.2) is 0 Å². The van der Waals surface area contributed by atoms with E-state index >= 15 is 0 Å². The summed E-state index contributed by atoms with van der Waals surface area (Å²) in [5, 5.41) is 0. The molecule has 2 aromatic rings. The zero-order valence-electron chi connectivity index (χ0n) is 8.14. The highest BCUT2D eigenvalue weighted by Gasteiger charge is 2.01. The summed E-state index contributed by atoms with van der Waals surface area (Å²) in [5.41, 5.74) is 8.98. The molecule has 0 radical (unpaired) electrons. The largest absolute Gasteiger partial charge is 0.325 e. The molecule has 72 valence electrons. The quantitative estimate of drug-likeness (QED) is 0.776. The SMILES string of the molecule is Cc1ccc(-n2cncc2CN)cc1. The molecular weight excluding hydrogens is 174 g/mol. The molecule has 1 heterocycles. The van der Waals surface area contributed by atoms with Crippen LogP contribution in [0, 0.1) is 6.92 Å². The van der Waals surface area contributed by atoms with Gasteiger partial charge in [-0.3, -0.25) is 0 Å². The van der Waals surface area contributed by atoms with E-state index < -0.39 is 0 Å². The summed E-state index contributed by atoms with van der Waals surface area (Å²) in [5.74, 6) is 0. The minimum Gasteiger partial charge on any atom is -0.325 e. The normalized spacial score (nSPS) is 10.4. The van der Waals surface area contributed by atoms with E-state index in [4.69, 9.17) is 5.73 Å². The predicted octanol–water partition coefficient (Wildman–Crippen LogP) is 1.64. The number of imidazole rings is 1. The first kappa shape index (κ1) is 8.97. The summed E-state index contributed by atoms with van der Waals surface area (Å²) in [7, 11) is 0. The fourth-order valence-corrected chi connectivity index (χ4v) is 1.41. The summed E-state index contributed by atoms with van der Waals surface area (Å²) in [6.45, 7) is 2.58. The van der Waals surface area contributed by atoms with Crippen molar-refractivity contribution in [2.24, 2.45) is 5.73 Å². The molecule has 0 saturated carbocycles. The molecule has 0 saturated heterocycles. The Morgan fingerprint density at radius 3 is 2.64 bits per heavy atom. The second-order valence-corrected chi connectivity index (χ2v) is 3.29. The summed E-state index contributed by atoms with van der Waals surface area (Å²) >= 11 is 0. The van der Waals surface area contributed by atoms with Crippen molar-refractivity contribution >= 4 is 0 Å². The molecule has 1 aromatic heterocycles. The van der Waals surface area contributed by atoms with Gasteiger partial charge in [0.2, 0.25) is 0 Å². The number of hydrogen-bond acceptors (Lipinski definition) is 2. The molecule has 0 amide bonds. The van der Waals surface area contributed by atoms with E-state index in [1.54, 1.807) is 12.5 Å². The number of nitrogens with two attached hydrogens (primary N) is 1. The Hall–Kier alpha value is -1.61.